The van der Waals surface area contributed by atoms with E-state index in [1.54, 1.807) is 0 Å². The fourth-order valence-corrected chi connectivity index (χ4v) is 11.0. The third-order valence-corrected chi connectivity index (χ3v) is 15.0. The Morgan fingerprint density at radius 1 is 0.672 bits per heavy atom. The van der Waals surface area contributed by atoms with E-state index in [4.69, 9.17) is 9.72 Å². The number of ether oxygens (including phenoxy) is 1. The molecule has 4 bridgehead atoms. The average molecular weight is 1060 g/mol. The molecule has 0 amide bonds. The molecule has 7 heteroatoms. The van der Waals surface area contributed by atoms with Gasteiger partial charge in [-0.05, 0) is 45.7 Å². The summed E-state index contributed by atoms with van der Waals surface area (Å²) in [6.07, 6.45) is 10.1. The maximum absolute atomic E-state index is 6.73. The first-order valence-corrected chi connectivity index (χ1v) is 24.5. The second kappa shape index (κ2) is 16.9. The van der Waals surface area contributed by atoms with Crippen LogP contribution in [0.2, 0.25) is 0 Å². The van der Waals surface area contributed by atoms with E-state index in [2.05, 4.69) is 202 Å². The number of hydrogen-bond donors (Lipinski definition) is 0. The van der Waals surface area contributed by atoms with Gasteiger partial charge < -0.3 is 0 Å². The maximum atomic E-state index is 6.73. The van der Waals surface area contributed by atoms with Crippen molar-refractivity contribution in [1.29, 1.82) is 0 Å². The fraction of sp³-hybridized carbons (Fsp3) is 0.217. The molecule has 2 aliphatic heterocycles. The van der Waals surface area contributed by atoms with Gasteiger partial charge in [0.2, 0.25) is 0 Å². The number of fused-ring (bicyclic) bond motifs is 3. The Balaban J connectivity index is 0.991. The first-order chi connectivity index (χ1) is 32.4. The monoisotopic (exact) mass is 1050 g/mol. The van der Waals surface area contributed by atoms with E-state index in [-0.39, 0.29) is 11.3 Å². The Morgan fingerprint density at radius 2 is 1.40 bits per heavy atom. The molecule has 0 saturated carbocycles. The van der Waals surface area contributed by atoms with Gasteiger partial charge in [0.05, 0.1) is 5.69 Å². The molecule has 0 fully saturated rings. The number of nitrogens with zero attached hydrogens (tertiary/aromatic N) is 5. The molecule has 7 heterocycles. The SMILES string of the molecule is Cc1c2ccc(c1C)CCc1ccc(c3cn(-c4[c-]c(Oc5[c-]c6c(cc5)c5cc(-c7ccccn7)ccc5n6-c5cc(C(C)C)c(-c6ccc(C(C)(C)C)cc6)cn5)ccc4)[c](=[Pt])n13)CC2. The van der Waals surface area contributed by atoms with Gasteiger partial charge in [-0.25, -0.2) is 0 Å². The second-order valence-corrected chi connectivity index (χ2v) is 20.4. The van der Waals surface area contributed by atoms with Gasteiger partial charge in [-0.1, -0.05) is 71.0 Å². The molecule has 0 spiro atoms. The Hall–Kier alpha value is -6.62. The average Bonchev–Trinajstić information content (AvgIpc) is 3.85. The first kappa shape index (κ1) is 43.0. The Labute approximate surface area is 404 Å². The molecule has 6 nitrogen and oxygen atoms in total. The standard InChI is InChI=1S/C60H53N5O.Pt/c1-38(2)52-34-59(62-35-54(52)43-18-23-46(24-19-43)60(5,6)7)65-56-29-22-45(55-13-8-9-30-61-55)31-53(56)51-28-27-50(33-57(51)65)66-49-12-10-11-48(32-49)63-36-58-44-17-16-41-14-15-42(40(4)39(41)3)20-25-47(26-21-44)64(58)37-63;/h8-15,18-19,21-24,26-31,34-36,38H,16-17,20,25H2,1-7H3;/q-2;. The van der Waals surface area contributed by atoms with Crippen LogP contribution >= 0.6 is 0 Å². The van der Waals surface area contributed by atoms with Crippen LogP contribution in [0.5, 0.6) is 11.5 Å². The van der Waals surface area contributed by atoms with Crippen LogP contribution in [-0.2, 0) is 50.5 Å². The van der Waals surface area contributed by atoms with Crippen LogP contribution in [0, 0.1) is 29.8 Å². The van der Waals surface area contributed by atoms with Gasteiger partial charge in [0.15, 0.2) is 0 Å². The molecule has 2 aliphatic carbocycles. The van der Waals surface area contributed by atoms with Crippen LogP contribution in [0.3, 0.4) is 0 Å². The van der Waals surface area contributed by atoms with E-state index < -0.39 is 0 Å². The Morgan fingerprint density at radius 3 is 2.15 bits per heavy atom. The van der Waals surface area contributed by atoms with Gasteiger partial charge in [0, 0.05) is 18.0 Å². The van der Waals surface area contributed by atoms with Crippen LogP contribution in [0.15, 0.2) is 140 Å². The van der Waals surface area contributed by atoms with Crippen molar-refractivity contribution in [2.24, 2.45) is 0 Å². The van der Waals surface area contributed by atoms with E-state index >= 15 is 0 Å². The predicted molar refractivity (Wildman–Crippen MR) is 268 cm³/mol. The summed E-state index contributed by atoms with van der Waals surface area (Å²) in [7, 11) is 0. The van der Waals surface area contributed by atoms with Crippen LogP contribution in [0.25, 0.3) is 61.2 Å². The van der Waals surface area contributed by atoms with Crippen LogP contribution < -0.4 is 4.74 Å². The molecule has 0 N–H and O–H groups in total. The van der Waals surface area contributed by atoms with E-state index in [0.29, 0.717) is 11.5 Å². The molecule has 4 aliphatic rings. The number of aromatic nitrogens is 5. The molecule has 5 aromatic heterocycles. The fourth-order valence-electron chi connectivity index (χ4n) is 9.97. The Bertz CT molecular complexity index is 3610. The summed E-state index contributed by atoms with van der Waals surface area (Å²) in [5.41, 5.74) is 19.4. The Kier molecular flexibility index (Phi) is 10.9. The summed E-state index contributed by atoms with van der Waals surface area (Å²) in [5, 5.41) is 2.15. The number of hydrogen-bond acceptors (Lipinski definition) is 3. The predicted octanol–water partition coefficient (Wildman–Crippen LogP) is 14.3. The van der Waals surface area contributed by atoms with Gasteiger partial charge in [0.25, 0.3) is 0 Å². The van der Waals surface area contributed by atoms with Gasteiger partial charge >= 0.3 is 261 Å². The number of imidazole rings is 1. The van der Waals surface area contributed by atoms with Crippen molar-refractivity contribution in [3.63, 3.8) is 0 Å². The van der Waals surface area contributed by atoms with Crippen molar-refractivity contribution >= 4 is 27.3 Å². The molecular weight excluding hydrogens is 1000 g/mol. The normalized spacial score (nSPS) is 13.0. The number of benzene rings is 5. The number of pyridine rings is 3. The van der Waals surface area contributed by atoms with Gasteiger partial charge in [-0.2, -0.15) is 0 Å². The van der Waals surface area contributed by atoms with Gasteiger partial charge in [-0.3, -0.25) is 4.98 Å². The van der Waals surface area contributed by atoms with E-state index in [0.717, 1.165) is 79.6 Å². The summed E-state index contributed by atoms with van der Waals surface area (Å²) < 4.78 is 14.8. The van der Waals surface area contributed by atoms with Crippen molar-refractivity contribution < 1.29 is 24.1 Å². The van der Waals surface area contributed by atoms with E-state index in [1.165, 1.54) is 55.7 Å². The van der Waals surface area contributed by atoms with E-state index in [1.807, 2.05) is 36.7 Å². The van der Waals surface area contributed by atoms with Crippen molar-refractivity contribution in [1.82, 2.24) is 23.5 Å². The van der Waals surface area contributed by atoms with Crippen molar-refractivity contribution in [3.8, 4) is 45.4 Å². The van der Waals surface area contributed by atoms with Crippen molar-refractivity contribution in [2.45, 2.75) is 85.5 Å². The van der Waals surface area contributed by atoms with Crippen molar-refractivity contribution in [3.05, 3.63) is 200 Å². The van der Waals surface area contributed by atoms with Crippen LogP contribution in [0.4, 0.5) is 0 Å². The molecule has 14 rings (SSSR count). The van der Waals surface area contributed by atoms with Crippen molar-refractivity contribution in [2.75, 3.05) is 0 Å². The molecule has 10 aromatic rings. The zero-order chi connectivity index (χ0) is 46.1. The minimum absolute atomic E-state index is 0.0794. The zero-order valence-corrected chi connectivity index (χ0v) is 41.4. The summed E-state index contributed by atoms with van der Waals surface area (Å²) >= 11 is 2.48. The minimum atomic E-state index is 0.0794. The number of rotatable bonds is 7. The van der Waals surface area contributed by atoms with Gasteiger partial charge in [0.1, 0.15) is 0 Å². The number of aryl methyl sites for hydroxylation is 4. The third-order valence-electron chi connectivity index (χ3n) is 13.9. The molecule has 0 unspecified atom stereocenters. The molecule has 0 radical (unpaired) electrons. The topological polar surface area (TPSA) is 49.3 Å². The molecular formula is C60H53N5OPt-2. The summed E-state index contributed by atoms with van der Waals surface area (Å²) in [4.78, 5) is 9.90. The van der Waals surface area contributed by atoms with Crippen LogP contribution in [-0.4, -0.2) is 23.5 Å². The zero-order valence-electron chi connectivity index (χ0n) is 39.1. The summed E-state index contributed by atoms with van der Waals surface area (Å²) in [6, 6.07) is 50.9. The first-order valence-electron chi connectivity index (χ1n) is 23.4. The second-order valence-electron chi connectivity index (χ2n) is 19.4. The quantitative estimate of drug-likeness (QED) is 0.149. The third kappa shape index (κ3) is 7.79. The molecule has 0 saturated heterocycles. The van der Waals surface area contributed by atoms with E-state index in [9.17, 15) is 0 Å². The summed E-state index contributed by atoms with van der Waals surface area (Å²) in [5.74, 6) is 2.32. The molecule has 5 aromatic carbocycles. The molecule has 0 atom stereocenters. The van der Waals surface area contributed by atoms with Gasteiger partial charge in [-0.15, -0.1) is 0 Å². The van der Waals surface area contributed by atoms with Crippen LogP contribution in [0.1, 0.15) is 85.2 Å². The molecule has 67 heavy (non-hydrogen) atoms. The molecule has 336 valence electrons. The summed E-state index contributed by atoms with van der Waals surface area (Å²) in [6.45, 7) is 15.9.